The second kappa shape index (κ2) is 5.54. The van der Waals surface area contributed by atoms with Crippen LogP contribution in [0.25, 0.3) is 0 Å². The summed E-state index contributed by atoms with van der Waals surface area (Å²) < 4.78 is 5.85. The third-order valence-corrected chi connectivity index (χ3v) is 3.47. The van der Waals surface area contributed by atoms with Crippen molar-refractivity contribution in [2.24, 2.45) is 0 Å². The van der Waals surface area contributed by atoms with Crippen LogP contribution in [-0.2, 0) is 11.2 Å². The number of fused-ring (bicyclic) bond motifs is 1. The first-order chi connectivity index (χ1) is 9.45. The van der Waals surface area contributed by atoms with Gasteiger partial charge in [0.05, 0.1) is 12.1 Å². The van der Waals surface area contributed by atoms with Crippen LogP contribution in [0.3, 0.4) is 0 Å². The van der Waals surface area contributed by atoms with Crippen LogP contribution in [0.15, 0.2) is 18.2 Å². The van der Waals surface area contributed by atoms with E-state index in [0.29, 0.717) is 0 Å². The van der Waals surface area contributed by atoms with Crippen LogP contribution in [-0.4, -0.2) is 11.5 Å². The normalized spacial score (nSPS) is 16.7. The summed E-state index contributed by atoms with van der Waals surface area (Å²) >= 11 is 0. The van der Waals surface area contributed by atoms with Gasteiger partial charge < -0.3 is 10.1 Å². The lowest BCUT2D eigenvalue weighted by Gasteiger charge is -2.17. The van der Waals surface area contributed by atoms with Crippen molar-refractivity contribution in [1.29, 1.82) is 5.26 Å². The summed E-state index contributed by atoms with van der Waals surface area (Å²) in [6.07, 6.45) is 1.57. The minimum atomic E-state index is -0.226. The number of carbonyl (C=O) groups excluding carboxylic acids is 1. The quantitative estimate of drug-likeness (QED) is 0.916. The van der Waals surface area contributed by atoms with Crippen molar-refractivity contribution in [3.05, 3.63) is 29.3 Å². The maximum atomic E-state index is 11.6. The summed E-state index contributed by atoms with van der Waals surface area (Å²) in [5.41, 5.74) is 2.09. The molecule has 0 radical (unpaired) electrons. The summed E-state index contributed by atoms with van der Waals surface area (Å²) in [5, 5.41) is 11.4. The fourth-order valence-corrected chi connectivity index (χ4v) is 2.58. The van der Waals surface area contributed by atoms with Crippen LogP contribution in [0, 0.1) is 11.3 Å². The van der Waals surface area contributed by atoms with E-state index in [-0.39, 0.29) is 24.0 Å². The van der Waals surface area contributed by atoms with Crippen LogP contribution < -0.4 is 10.1 Å². The Kier molecular flexibility index (Phi) is 3.99. The number of amides is 1. The largest absolute Gasteiger partial charge is 0.487 e. The van der Waals surface area contributed by atoms with E-state index in [1.807, 2.05) is 25.1 Å². The van der Waals surface area contributed by atoms with Crippen molar-refractivity contribution in [3.63, 3.8) is 0 Å². The Hall–Kier alpha value is -2.02. The molecule has 0 bridgehead atoms. The van der Waals surface area contributed by atoms with Gasteiger partial charge in [0.1, 0.15) is 17.8 Å². The second-order valence-electron chi connectivity index (χ2n) is 5.77. The minimum absolute atomic E-state index is 0.0511. The topological polar surface area (TPSA) is 62.1 Å². The number of nitrogens with zero attached hydrogens (tertiary/aromatic N) is 1. The molecule has 1 N–H and O–H groups in total. The van der Waals surface area contributed by atoms with Crippen molar-refractivity contribution in [3.8, 4) is 11.8 Å². The zero-order valence-corrected chi connectivity index (χ0v) is 12.2. The molecular formula is C16H20N2O2. The molecule has 1 heterocycles. The molecule has 20 heavy (non-hydrogen) atoms. The summed E-state index contributed by atoms with van der Waals surface area (Å²) in [4.78, 5) is 11.6. The first kappa shape index (κ1) is 14.4. The molecule has 1 aromatic carbocycles. The van der Waals surface area contributed by atoms with E-state index in [1.54, 1.807) is 0 Å². The average molecular weight is 272 g/mol. The number of carbonyl (C=O) groups is 1. The third-order valence-electron chi connectivity index (χ3n) is 3.47. The highest BCUT2D eigenvalue weighted by Crippen LogP contribution is 2.36. The molecule has 1 aromatic rings. The van der Waals surface area contributed by atoms with Crippen molar-refractivity contribution in [1.82, 2.24) is 5.32 Å². The van der Waals surface area contributed by atoms with E-state index in [2.05, 4.69) is 25.2 Å². The molecule has 2 rings (SSSR count). The second-order valence-corrected chi connectivity index (χ2v) is 5.77. The molecule has 0 aromatic heterocycles. The lowest BCUT2D eigenvalue weighted by molar-refractivity contribution is -0.120. The van der Waals surface area contributed by atoms with Gasteiger partial charge in [-0.15, -0.1) is 0 Å². The minimum Gasteiger partial charge on any atom is -0.487 e. The summed E-state index contributed by atoms with van der Waals surface area (Å²) in [7, 11) is 0. The molecule has 0 fully saturated rings. The van der Waals surface area contributed by atoms with Gasteiger partial charge in [-0.05, 0) is 43.5 Å². The van der Waals surface area contributed by atoms with Crippen LogP contribution in [0.1, 0.15) is 50.8 Å². The highest BCUT2D eigenvalue weighted by atomic mass is 16.5. The smallest absolute Gasteiger partial charge is 0.234 e. The van der Waals surface area contributed by atoms with Crippen molar-refractivity contribution in [2.45, 2.75) is 51.7 Å². The Morgan fingerprint density at radius 3 is 2.95 bits per heavy atom. The Labute approximate surface area is 119 Å². The molecule has 106 valence electrons. The molecule has 0 saturated carbocycles. The van der Waals surface area contributed by atoms with Gasteiger partial charge in [0.15, 0.2) is 0 Å². The molecule has 1 amide bonds. The molecule has 4 nitrogen and oxygen atoms in total. The van der Waals surface area contributed by atoms with Crippen LogP contribution in [0.4, 0.5) is 0 Å². The lowest BCUT2D eigenvalue weighted by atomic mass is 9.97. The van der Waals surface area contributed by atoms with Gasteiger partial charge in [0.2, 0.25) is 5.91 Å². The van der Waals surface area contributed by atoms with Crippen LogP contribution in [0.2, 0.25) is 0 Å². The molecule has 0 unspecified atom stereocenters. The number of hydrogen-bond acceptors (Lipinski definition) is 3. The molecule has 0 spiro atoms. The van der Waals surface area contributed by atoms with Gasteiger partial charge in [-0.2, -0.15) is 5.26 Å². The Balaban J connectivity index is 2.17. The Morgan fingerprint density at radius 2 is 2.30 bits per heavy atom. The first-order valence-electron chi connectivity index (χ1n) is 6.93. The number of nitrogens with one attached hydrogen (secondary N) is 1. The van der Waals surface area contributed by atoms with E-state index in [4.69, 9.17) is 10.00 Å². The maximum absolute atomic E-state index is 11.6. The lowest BCUT2D eigenvalue weighted by Crippen LogP contribution is -2.27. The monoisotopic (exact) mass is 272 g/mol. The highest BCUT2D eigenvalue weighted by Gasteiger charge is 2.30. The molecule has 1 atom stereocenters. The number of hydrogen-bond donors (Lipinski definition) is 1. The van der Waals surface area contributed by atoms with E-state index < -0.39 is 0 Å². The third kappa shape index (κ3) is 3.11. The van der Waals surface area contributed by atoms with E-state index in [0.717, 1.165) is 24.2 Å². The molecule has 1 aliphatic rings. The SMILES string of the molecule is CC[C@@H](NC(=O)CC#N)c1ccc2c(c1)CC(C)(C)O2. The maximum Gasteiger partial charge on any atom is 0.234 e. The van der Waals surface area contributed by atoms with Crippen molar-refractivity contribution in [2.75, 3.05) is 0 Å². The molecule has 0 saturated heterocycles. The van der Waals surface area contributed by atoms with Gasteiger partial charge in [-0.25, -0.2) is 0 Å². The van der Waals surface area contributed by atoms with Crippen molar-refractivity contribution >= 4 is 5.91 Å². The number of rotatable bonds is 4. The summed E-state index contributed by atoms with van der Waals surface area (Å²) in [6, 6.07) is 7.88. The van der Waals surface area contributed by atoms with Gasteiger partial charge in [-0.3, -0.25) is 4.79 Å². The highest BCUT2D eigenvalue weighted by molar-refractivity contribution is 5.78. The van der Waals surface area contributed by atoms with Crippen LogP contribution in [0.5, 0.6) is 5.75 Å². The van der Waals surface area contributed by atoms with E-state index >= 15 is 0 Å². The molecule has 4 heteroatoms. The van der Waals surface area contributed by atoms with Gasteiger partial charge in [0.25, 0.3) is 0 Å². The number of benzene rings is 1. The standard InChI is InChI=1S/C16H20N2O2/c1-4-13(18-15(19)7-8-17)11-5-6-14-12(9-11)10-16(2,3)20-14/h5-6,9,13H,4,7,10H2,1-3H3,(H,18,19)/t13-/m1/s1. The Bertz CT molecular complexity index is 558. The van der Waals surface area contributed by atoms with Gasteiger partial charge >= 0.3 is 0 Å². The predicted octanol–water partition coefficient (Wildman–Crippen LogP) is 2.88. The number of ether oxygens (including phenoxy) is 1. The zero-order valence-electron chi connectivity index (χ0n) is 12.2. The predicted molar refractivity (Wildman–Crippen MR) is 76.3 cm³/mol. The first-order valence-corrected chi connectivity index (χ1v) is 6.93. The summed E-state index contributed by atoms with van der Waals surface area (Å²) in [6.45, 7) is 6.16. The average Bonchev–Trinajstić information content (AvgIpc) is 2.69. The molecule has 1 aliphatic heterocycles. The summed E-state index contributed by atoms with van der Waals surface area (Å²) in [5.74, 6) is 0.702. The van der Waals surface area contributed by atoms with E-state index in [9.17, 15) is 4.79 Å². The molecular weight excluding hydrogens is 252 g/mol. The van der Waals surface area contributed by atoms with E-state index in [1.165, 1.54) is 5.56 Å². The fourth-order valence-electron chi connectivity index (χ4n) is 2.58. The van der Waals surface area contributed by atoms with Crippen LogP contribution >= 0.6 is 0 Å². The fraction of sp³-hybridized carbons (Fsp3) is 0.500. The Morgan fingerprint density at radius 1 is 1.55 bits per heavy atom. The zero-order chi connectivity index (χ0) is 14.8. The number of nitriles is 1. The van der Waals surface area contributed by atoms with Gasteiger partial charge in [-0.1, -0.05) is 13.0 Å². The van der Waals surface area contributed by atoms with Crippen molar-refractivity contribution < 1.29 is 9.53 Å². The molecule has 0 aliphatic carbocycles. The van der Waals surface area contributed by atoms with Gasteiger partial charge in [0, 0.05) is 6.42 Å².